The molecule has 55 heavy (non-hydrogen) atoms. The van der Waals surface area contributed by atoms with Crippen LogP contribution in [0.1, 0.15) is 25.0 Å². The normalized spacial score (nSPS) is 14.4. The number of hydrogen-bond donors (Lipinski definition) is 0. The Hall–Kier alpha value is -6.36. The van der Waals surface area contributed by atoms with Gasteiger partial charge in [0.15, 0.2) is 0 Å². The van der Waals surface area contributed by atoms with E-state index in [1.54, 1.807) is 0 Å². The van der Waals surface area contributed by atoms with Crippen LogP contribution in [0.3, 0.4) is 0 Å². The molecule has 0 aliphatic carbocycles. The lowest BCUT2D eigenvalue weighted by atomic mass is 9.42. The molecule has 0 spiro atoms. The molecule has 4 heterocycles. The monoisotopic (exact) mass is 718 g/mol. The van der Waals surface area contributed by atoms with Crippen LogP contribution in [0.2, 0.25) is 0 Å². The smallest absolute Gasteiger partial charge is 0.333 e. The van der Waals surface area contributed by atoms with Gasteiger partial charge in [-0.1, -0.05) is 147 Å². The zero-order valence-corrected chi connectivity index (χ0v) is 31.4. The number of thiophene rings is 1. The number of rotatable bonds is 3. The fourth-order valence-corrected chi connectivity index (χ4v) is 11.1. The van der Waals surface area contributed by atoms with Crippen molar-refractivity contribution in [3.8, 4) is 33.4 Å². The van der Waals surface area contributed by atoms with E-state index in [-0.39, 0.29) is 12.3 Å². The summed E-state index contributed by atoms with van der Waals surface area (Å²) in [5, 5.41) is 2.69. The summed E-state index contributed by atoms with van der Waals surface area (Å²) in [5.74, 6) is 0. The molecule has 0 radical (unpaired) electrons. The molecule has 0 bridgehead atoms. The first kappa shape index (κ1) is 31.0. The van der Waals surface area contributed by atoms with Crippen LogP contribution in [-0.4, -0.2) is 6.85 Å². The molecule has 8 aromatic carbocycles. The number of anilines is 5. The van der Waals surface area contributed by atoms with Gasteiger partial charge < -0.3 is 9.71 Å². The standard InChI is InChI=1S/C51H35BN2S/c1-51(2)39-22-10-11-25-43(39)53-44-31-46-47(37-21-9-12-26-45(37)55-46)48-38-30-35(33-17-7-4-8-18-33)27-28-42(38)54(52(49(44)48)41-24-14-23-40(51)50(41)53)36-20-13-19-34(29-36)32-15-5-3-6-16-32/h3-31H,1-2H3. The van der Waals surface area contributed by atoms with Crippen LogP contribution in [0.5, 0.6) is 0 Å². The van der Waals surface area contributed by atoms with Gasteiger partial charge in [-0.2, -0.15) is 0 Å². The highest BCUT2D eigenvalue weighted by atomic mass is 32.1. The average Bonchev–Trinajstić information content (AvgIpc) is 3.62. The average molecular weight is 719 g/mol. The molecule has 0 saturated carbocycles. The van der Waals surface area contributed by atoms with Crippen LogP contribution in [0, 0.1) is 0 Å². The maximum atomic E-state index is 2.66. The topological polar surface area (TPSA) is 6.48 Å². The predicted octanol–water partition coefficient (Wildman–Crippen LogP) is 12.7. The molecule has 0 N–H and O–H groups in total. The molecule has 9 aromatic rings. The fourth-order valence-electron chi connectivity index (χ4n) is 9.95. The summed E-state index contributed by atoms with van der Waals surface area (Å²) in [6.07, 6.45) is 0. The molecule has 1 aromatic heterocycles. The van der Waals surface area contributed by atoms with E-state index in [0.29, 0.717) is 0 Å². The Bertz CT molecular complexity index is 3040. The number of fused-ring (bicyclic) bond motifs is 10. The van der Waals surface area contributed by atoms with Gasteiger partial charge in [0.2, 0.25) is 0 Å². The predicted molar refractivity (Wildman–Crippen MR) is 236 cm³/mol. The Morgan fingerprint density at radius 3 is 2.00 bits per heavy atom. The summed E-state index contributed by atoms with van der Waals surface area (Å²) in [5.41, 5.74) is 19.1. The molecular formula is C51H35BN2S. The quantitative estimate of drug-likeness (QED) is 0.168. The fraction of sp³-hybridized carbons (Fsp3) is 0.0588. The maximum Gasteiger partial charge on any atom is 0.333 e. The van der Waals surface area contributed by atoms with E-state index in [1.807, 2.05) is 11.3 Å². The molecule has 0 unspecified atom stereocenters. The lowest BCUT2D eigenvalue weighted by Crippen LogP contribution is -2.62. The van der Waals surface area contributed by atoms with Crippen molar-refractivity contribution < 1.29 is 0 Å². The van der Waals surface area contributed by atoms with Crippen LogP contribution in [0.15, 0.2) is 176 Å². The third-order valence-electron chi connectivity index (χ3n) is 12.4. The summed E-state index contributed by atoms with van der Waals surface area (Å²) < 4.78 is 2.65. The van der Waals surface area contributed by atoms with Crippen molar-refractivity contribution in [1.29, 1.82) is 0 Å². The van der Waals surface area contributed by atoms with E-state index < -0.39 is 0 Å². The van der Waals surface area contributed by atoms with E-state index in [4.69, 9.17) is 0 Å². The number of nitrogens with zero attached hydrogens (tertiary/aromatic N) is 2. The largest absolute Gasteiger partial charge is 0.376 e. The van der Waals surface area contributed by atoms with Gasteiger partial charge in [0.25, 0.3) is 0 Å². The summed E-state index contributed by atoms with van der Waals surface area (Å²) >= 11 is 1.92. The third-order valence-corrected chi connectivity index (χ3v) is 13.5. The second-order valence-electron chi connectivity index (χ2n) is 15.7. The van der Waals surface area contributed by atoms with E-state index in [0.717, 1.165) is 0 Å². The van der Waals surface area contributed by atoms with E-state index in [1.165, 1.54) is 104 Å². The van der Waals surface area contributed by atoms with Crippen molar-refractivity contribution in [2.24, 2.45) is 0 Å². The highest BCUT2D eigenvalue weighted by Gasteiger charge is 2.50. The molecule has 2 nitrogen and oxygen atoms in total. The first-order chi connectivity index (χ1) is 27.1. The van der Waals surface area contributed by atoms with Crippen LogP contribution < -0.4 is 20.6 Å². The Balaban J connectivity index is 1.25. The Morgan fingerprint density at radius 2 is 1.18 bits per heavy atom. The van der Waals surface area contributed by atoms with Gasteiger partial charge in [0, 0.05) is 53.9 Å². The highest BCUT2D eigenvalue weighted by molar-refractivity contribution is 7.26. The minimum absolute atomic E-state index is 0.0542. The molecule has 0 saturated heterocycles. The minimum atomic E-state index is -0.171. The third kappa shape index (κ3) is 4.26. The van der Waals surface area contributed by atoms with Crippen molar-refractivity contribution in [2.45, 2.75) is 19.3 Å². The lowest BCUT2D eigenvalue weighted by molar-refractivity contribution is 0.632. The van der Waals surface area contributed by atoms with E-state index in [9.17, 15) is 0 Å². The molecule has 12 rings (SSSR count). The van der Waals surface area contributed by atoms with Crippen molar-refractivity contribution >= 4 is 77.7 Å². The van der Waals surface area contributed by atoms with Crippen molar-refractivity contribution in [3.05, 3.63) is 187 Å². The number of hydrogen-bond acceptors (Lipinski definition) is 3. The highest BCUT2D eigenvalue weighted by Crippen LogP contribution is 2.57. The molecule has 0 atom stereocenters. The molecule has 4 heteroatoms. The summed E-state index contributed by atoms with van der Waals surface area (Å²) in [4.78, 5) is 5.28. The van der Waals surface area contributed by atoms with Gasteiger partial charge in [0.1, 0.15) is 0 Å². The molecule has 258 valence electrons. The van der Waals surface area contributed by atoms with Gasteiger partial charge in [-0.25, -0.2) is 0 Å². The zero-order chi connectivity index (χ0) is 36.4. The first-order valence-corrected chi connectivity index (χ1v) is 20.0. The van der Waals surface area contributed by atoms with Gasteiger partial charge in [-0.15, -0.1) is 11.3 Å². The summed E-state index contributed by atoms with van der Waals surface area (Å²) in [6.45, 7) is 4.75. The molecule has 0 amide bonds. The molecule has 3 aliphatic heterocycles. The van der Waals surface area contributed by atoms with Crippen molar-refractivity contribution in [2.75, 3.05) is 9.71 Å². The van der Waals surface area contributed by atoms with Gasteiger partial charge in [0.05, 0.1) is 5.69 Å². The SMILES string of the molecule is CC1(C)c2ccccc2N2c3cc4sc5ccccc5c4c4c3B(c3cccc1c32)N(c1cccc(-c2ccccc2)c1)c1ccc(-c2ccccc2)cc1-4. The Morgan fingerprint density at radius 1 is 0.509 bits per heavy atom. The number of para-hydroxylation sites is 2. The van der Waals surface area contributed by atoms with Crippen LogP contribution in [0.25, 0.3) is 53.6 Å². The second kappa shape index (κ2) is 11.3. The summed E-state index contributed by atoms with van der Waals surface area (Å²) in [7, 11) is 0. The van der Waals surface area contributed by atoms with Gasteiger partial charge in [-0.3, -0.25) is 0 Å². The zero-order valence-electron chi connectivity index (χ0n) is 30.6. The molecule has 0 fully saturated rings. The van der Waals surface area contributed by atoms with Crippen LogP contribution >= 0.6 is 11.3 Å². The lowest BCUT2D eigenvalue weighted by Gasteiger charge is -2.50. The van der Waals surface area contributed by atoms with E-state index >= 15 is 0 Å². The summed E-state index contributed by atoms with van der Waals surface area (Å²) in [6, 6.07) is 65.7. The molecular weight excluding hydrogens is 683 g/mol. The first-order valence-electron chi connectivity index (χ1n) is 19.2. The van der Waals surface area contributed by atoms with E-state index in [2.05, 4.69) is 199 Å². The Labute approximate surface area is 325 Å². The maximum absolute atomic E-state index is 2.66. The Kier molecular flexibility index (Phi) is 6.40. The van der Waals surface area contributed by atoms with Crippen LogP contribution in [0.4, 0.5) is 28.4 Å². The number of benzene rings is 8. The molecule has 3 aliphatic rings. The van der Waals surface area contributed by atoms with Crippen molar-refractivity contribution in [3.63, 3.8) is 0 Å². The van der Waals surface area contributed by atoms with Gasteiger partial charge >= 0.3 is 6.85 Å². The van der Waals surface area contributed by atoms with Crippen molar-refractivity contribution in [1.82, 2.24) is 0 Å². The second-order valence-corrected chi connectivity index (χ2v) is 16.7. The minimum Gasteiger partial charge on any atom is -0.376 e. The van der Waals surface area contributed by atoms with Gasteiger partial charge in [-0.05, 0) is 92.3 Å². The van der Waals surface area contributed by atoms with Crippen LogP contribution in [-0.2, 0) is 5.41 Å².